The van der Waals surface area contributed by atoms with Crippen molar-refractivity contribution in [2.75, 3.05) is 6.54 Å². The van der Waals surface area contributed by atoms with Gasteiger partial charge < -0.3 is 16.8 Å². The predicted octanol–water partition coefficient (Wildman–Crippen LogP) is 3.53. The van der Waals surface area contributed by atoms with E-state index in [0.29, 0.717) is 15.9 Å². The van der Waals surface area contributed by atoms with Crippen molar-refractivity contribution in [3.63, 3.8) is 0 Å². The highest BCUT2D eigenvalue weighted by Crippen LogP contribution is 2.30. The number of allylic oxidation sites excluding steroid dienone is 1. The molecule has 166 valence electrons. The maximum absolute atomic E-state index is 13.4. The number of amides is 1. The van der Waals surface area contributed by atoms with Crippen LogP contribution in [-0.4, -0.2) is 28.2 Å². The number of aliphatic imine (C=N–C) groups is 1. The monoisotopic (exact) mass is 458 g/mol. The van der Waals surface area contributed by atoms with Gasteiger partial charge in [-0.1, -0.05) is 37.2 Å². The van der Waals surface area contributed by atoms with Crippen LogP contribution < -0.4 is 16.8 Å². The highest BCUT2D eigenvalue weighted by molar-refractivity contribution is 6.30. The molecule has 31 heavy (non-hydrogen) atoms. The number of alkyl halides is 3. The molecule has 0 saturated carbocycles. The van der Waals surface area contributed by atoms with Crippen molar-refractivity contribution < 1.29 is 22.4 Å². The summed E-state index contributed by atoms with van der Waals surface area (Å²) in [6.07, 6.45) is -3.61. The summed E-state index contributed by atoms with van der Waals surface area (Å²) >= 11 is 5.83. The van der Waals surface area contributed by atoms with Gasteiger partial charge in [0.25, 0.3) is 5.91 Å². The maximum atomic E-state index is 13.4. The largest absolute Gasteiger partial charge is 0.435 e. The summed E-state index contributed by atoms with van der Waals surface area (Å²) in [6.45, 7) is 4.97. The molecule has 1 aromatic carbocycles. The normalized spacial score (nSPS) is 13.7. The molecule has 1 atom stereocenters. The Kier molecular flexibility index (Phi) is 7.45. The highest BCUT2D eigenvalue weighted by atomic mass is 35.5. The number of hydrogen-bond donors (Lipinski definition) is 3. The second-order valence-electron chi connectivity index (χ2n) is 6.49. The van der Waals surface area contributed by atoms with E-state index in [1.54, 1.807) is 31.2 Å². The molecule has 0 radical (unpaired) electrons. The number of rotatable bonds is 6. The van der Waals surface area contributed by atoms with Crippen LogP contribution in [0.2, 0.25) is 5.02 Å². The van der Waals surface area contributed by atoms with Crippen molar-refractivity contribution in [3.8, 4) is 0 Å². The number of benzene rings is 1. The molecule has 7 nitrogen and oxygen atoms in total. The Balaban J connectivity index is 2.25. The number of aromatic nitrogens is 2. The van der Waals surface area contributed by atoms with Gasteiger partial charge in [-0.25, -0.2) is 14.1 Å². The molecule has 0 saturated heterocycles. The molecule has 2 rings (SSSR count). The van der Waals surface area contributed by atoms with Crippen LogP contribution in [0.25, 0.3) is 0 Å². The van der Waals surface area contributed by atoms with Crippen molar-refractivity contribution in [2.45, 2.75) is 19.0 Å². The van der Waals surface area contributed by atoms with E-state index in [1.807, 2.05) is 0 Å². The van der Waals surface area contributed by atoms with Crippen molar-refractivity contribution in [2.24, 2.45) is 16.5 Å². The van der Waals surface area contributed by atoms with Gasteiger partial charge in [-0.05, 0) is 23.6 Å². The molecular weight excluding hydrogens is 440 g/mol. The van der Waals surface area contributed by atoms with Gasteiger partial charge >= 0.3 is 6.18 Å². The molecule has 12 heteroatoms. The second-order valence-corrected chi connectivity index (χ2v) is 6.92. The third kappa shape index (κ3) is 6.32. The number of carbonyl (C=O) groups is 1. The first-order valence-corrected chi connectivity index (χ1v) is 9.12. The van der Waals surface area contributed by atoms with E-state index < -0.39 is 40.8 Å². The van der Waals surface area contributed by atoms with Crippen LogP contribution in [0.5, 0.6) is 0 Å². The number of halogens is 5. The average Bonchev–Trinajstić information content (AvgIpc) is 3.16. The summed E-state index contributed by atoms with van der Waals surface area (Å²) < 4.78 is 53.9. The predicted molar refractivity (Wildman–Crippen MR) is 109 cm³/mol. The number of nitrogens with zero attached hydrogens (tertiary/aromatic N) is 3. The van der Waals surface area contributed by atoms with Gasteiger partial charge in [0.1, 0.15) is 0 Å². The minimum Gasteiger partial charge on any atom is -0.397 e. The molecule has 0 aliphatic rings. The molecule has 0 aliphatic carbocycles. The lowest BCUT2D eigenvalue weighted by Crippen LogP contribution is -2.29. The van der Waals surface area contributed by atoms with E-state index in [-0.39, 0.29) is 12.5 Å². The first kappa shape index (κ1) is 23.9. The zero-order chi connectivity index (χ0) is 23.3. The van der Waals surface area contributed by atoms with Crippen LogP contribution in [0.15, 0.2) is 59.8 Å². The molecule has 0 spiro atoms. The second kappa shape index (κ2) is 9.65. The van der Waals surface area contributed by atoms with E-state index in [0.717, 1.165) is 11.8 Å². The van der Waals surface area contributed by atoms with Crippen LogP contribution in [0.4, 0.5) is 17.6 Å². The summed E-state index contributed by atoms with van der Waals surface area (Å²) in [5, 5.41) is 6.25. The standard InChI is InChI=1S/C19H19ClF4N6O/c1-10(12-3-5-13(20)6-4-12)7-27-17(31)14-9-30(29-16(14)19(22,23)24)18(26)28-8-15(21)11(2)25/h3-6,8-10H,2,7,25H2,1H3,(H2,26,28)(H,27,31)/b15-8+. The number of carbonyl (C=O) groups excluding carboxylic acids is 1. The molecule has 5 N–H and O–H groups in total. The molecule has 1 unspecified atom stereocenters. The van der Waals surface area contributed by atoms with Gasteiger partial charge in [0.05, 0.1) is 17.5 Å². The van der Waals surface area contributed by atoms with E-state index in [1.165, 1.54) is 0 Å². The van der Waals surface area contributed by atoms with Crippen LogP contribution in [0.1, 0.15) is 34.5 Å². The molecule has 1 amide bonds. The quantitative estimate of drug-likeness (QED) is 0.266. The van der Waals surface area contributed by atoms with Crippen LogP contribution >= 0.6 is 11.6 Å². The van der Waals surface area contributed by atoms with E-state index in [2.05, 4.69) is 22.0 Å². The number of hydrogen-bond acceptors (Lipinski definition) is 4. The van der Waals surface area contributed by atoms with E-state index in [9.17, 15) is 22.4 Å². The number of nitrogens with one attached hydrogen (secondary N) is 1. The summed E-state index contributed by atoms with van der Waals surface area (Å²) in [4.78, 5) is 15.9. The maximum Gasteiger partial charge on any atom is 0.435 e. The Labute approximate surface area is 180 Å². The fourth-order valence-electron chi connectivity index (χ4n) is 2.38. The third-order valence-corrected chi connectivity index (χ3v) is 4.34. The topological polar surface area (TPSA) is 111 Å². The Morgan fingerprint density at radius 2 is 1.97 bits per heavy atom. The van der Waals surface area contributed by atoms with Crippen molar-refractivity contribution in [1.82, 2.24) is 15.1 Å². The smallest absolute Gasteiger partial charge is 0.397 e. The molecule has 0 bridgehead atoms. The lowest BCUT2D eigenvalue weighted by atomic mass is 10.0. The SMILES string of the molecule is C=C(N)/C(F)=C\N=C(N)n1cc(C(=O)NCC(C)c2ccc(Cl)cc2)c(C(F)(F)F)n1. The van der Waals surface area contributed by atoms with Crippen LogP contribution in [-0.2, 0) is 6.18 Å². The molecule has 1 heterocycles. The Morgan fingerprint density at radius 1 is 1.35 bits per heavy atom. The van der Waals surface area contributed by atoms with Gasteiger partial charge in [0.15, 0.2) is 11.5 Å². The van der Waals surface area contributed by atoms with Crippen molar-refractivity contribution in [1.29, 1.82) is 0 Å². The average molecular weight is 459 g/mol. The third-order valence-electron chi connectivity index (χ3n) is 4.09. The lowest BCUT2D eigenvalue weighted by molar-refractivity contribution is -0.141. The highest BCUT2D eigenvalue weighted by Gasteiger charge is 2.39. The molecule has 0 fully saturated rings. The van der Waals surface area contributed by atoms with Crippen LogP contribution in [0, 0.1) is 0 Å². The summed E-state index contributed by atoms with van der Waals surface area (Å²) in [7, 11) is 0. The van der Waals surface area contributed by atoms with Gasteiger partial charge in [0, 0.05) is 17.8 Å². The lowest BCUT2D eigenvalue weighted by Gasteiger charge is -2.13. The Bertz CT molecular complexity index is 1030. The van der Waals surface area contributed by atoms with Gasteiger partial charge in [0.2, 0.25) is 5.96 Å². The molecule has 1 aromatic heterocycles. The van der Waals surface area contributed by atoms with E-state index >= 15 is 0 Å². The zero-order valence-corrected chi connectivity index (χ0v) is 17.0. The Hall–Kier alpha value is -3.34. The Morgan fingerprint density at radius 3 is 2.52 bits per heavy atom. The molecular formula is C19H19ClF4N6O. The zero-order valence-electron chi connectivity index (χ0n) is 16.3. The minimum absolute atomic E-state index is 0.0546. The molecule has 2 aromatic rings. The van der Waals surface area contributed by atoms with E-state index in [4.69, 9.17) is 23.1 Å². The van der Waals surface area contributed by atoms with Crippen LogP contribution in [0.3, 0.4) is 0 Å². The minimum atomic E-state index is -4.94. The summed E-state index contributed by atoms with van der Waals surface area (Å²) in [5.74, 6) is -2.85. The summed E-state index contributed by atoms with van der Waals surface area (Å²) in [5.41, 5.74) is 8.82. The van der Waals surface area contributed by atoms with Gasteiger partial charge in [-0.2, -0.15) is 18.3 Å². The number of nitrogens with two attached hydrogens (primary N) is 2. The van der Waals surface area contributed by atoms with Crippen molar-refractivity contribution >= 4 is 23.5 Å². The first-order valence-electron chi connectivity index (χ1n) is 8.74. The van der Waals surface area contributed by atoms with Gasteiger partial charge in [-0.3, -0.25) is 4.79 Å². The fourth-order valence-corrected chi connectivity index (χ4v) is 2.51. The fraction of sp³-hybridized carbons (Fsp3) is 0.211. The molecule has 0 aliphatic heterocycles. The van der Waals surface area contributed by atoms with Gasteiger partial charge in [-0.15, -0.1) is 0 Å². The first-order chi connectivity index (χ1) is 14.4. The van der Waals surface area contributed by atoms with Crippen molar-refractivity contribution in [3.05, 3.63) is 76.6 Å². The summed E-state index contributed by atoms with van der Waals surface area (Å²) in [6, 6.07) is 6.83.